The first-order chi connectivity index (χ1) is 15.8. The number of aryl methyl sites for hydroxylation is 2. The smallest absolute Gasteiger partial charge is 0.274 e. The van der Waals surface area contributed by atoms with E-state index in [2.05, 4.69) is 5.10 Å². The topological polar surface area (TPSA) is 50.6 Å². The second-order valence-corrected chi connectivity index (χ2v) is 8.54. The predicted octanol–water partition coefficient (Wildman–Crippen LogP) is 4.43. The molecule has 2 aromatic carbocycles. The van der Waals surface area contributed by atoms with Crippen molar-refractivity contribution in [1.29, 1.82) is 0 Å². The number of hydrogen-bond acceptors (Lipinski definition) is 4. The summed E-state index contributed by atoms with van der Waals surface area (Å²) in [7, 11) is 0. The molecule has 1 aliphatic rings. The fraction of sp³-hybridized carbons (Fsp3) is 0.333. The normalized spacial score (nSPS) is 14.5. The molecule has 0 radical (unpaired) electrons. The summed E-state index contributed by atoms with van der Waals surface area (Å²) < 4.78 is 34.7. The number of hydrogen-bond donors (Lipinski definition) is 0. The lowest BCUT2D eigenvalue weighted by Gasteiger charge is -2.34. The highest BCUT2D eigenvalue weighted by molar-refractivity contribution is 6.32. The summed E-state index contributed by atoms with van der Waals surface area (Å²) in [5.74, 6) is -1.14. The maximum atomic E-state index is 13.9. The molecule has 6 nitrogen and oxygen atoms in total. The Kier molecular flexibility index (Phi) is 6.95. The van der Waals surface area contributed by atoms with E-state index in [4.69, 9.17) is 16.3 Å². The molecule has 33 heavy (non-hydrogen) atoms. The van der Waals surface area contributed by atoms with Gasteiger partial charge >= 0.3 is 0 Å². The monoisotopic (exact) mass is 474 g/mol. The minimum atomic E-state index is -0.845. The number of amides is 1. The van der Waals surface area contributed by atoms with E-state index >= 15 is 0 Å². The SMILES string of the molecule is Cc1cc(OCn2ccc(C(=O)N3CCN(Cc4cccc(F)c4F)CC3)n2)cc(C)c1Cl. The van der Waals surface area contributed by atoms with E-state index in [1.54, 1.807) is 27.9 Å². The Morgan fingerprint density at radius 3 is 2.48 bits per heavy atom. The Hall–Kier alpha value is -2.97. The number of nitrogens with zero attached hydrogens (tertiary/aromatic N) is 4. The number of aromatic nitrogens is 2. The molecule has 3 aromatic rings. The number of benzene rings is 2. The Morgan fingerprint density at radius 1 is 1.09 bits per heavy atom. The van der Waals surface area contributed by atoms with Crippen molar-refractivity contribution in [3.05, 3.63) is 81.6 Å². The maximum absolute atomic E-state index is 13.9. The van der Waals surface area contributed by atoms with E-state index in [-0.39, 0.29) is 12.6 Å². The Morgan fingerprint density at radius 2 is 1.79 bits per heavy atom. The van der Waals surface area contributed by atoms with Crippen LogP contribution in [0.25, 0.3) is 0 Å². The van der Waals surface area contributed by atoms with Crippen LogP contribution in [0.4, 0.5) is 8.78 Å². The van der Waals surface area contributed by atoms with Gasteiger partial charge in [0.1, 0.15) is 5.75 Å². The van der Waals surface area contributed by atoms with Gasteiger partial charge in [0.05, 0.1) is 0 Å². The van der Waals surface area contributed by atoms with Crippen LogP contribution in [0.1, 0.15) is 27.2 Å². The molecule has 9 heteroatoms. The van der Waals surface area contributed by atoms with E-state index < -0.39 is 11.6 Å². The van der Waals surface area contributed by atoms with Gasteiger partial charge in [-0.15, -0.1) is 0 Å². The van der Waals surface area contributed by atoms with Crippen LogP contribution in [-0.2, 0) is 13.3 Å². The standard InChI is InChI=1S/C24H25ClF2N4O2/c1-16-12-19(13-17(2)22(16)25)33-15-31-7-6-21(28-31)24(32)30-10-8-29(9-11-30)14-18-4-3-5-20(26)23(18)27/h3-7,12-13H,8-11,14-15H2,1-2H3. The number of ether oxygens (including phenoxy) is 1. The zero-order chi connectivity index (χ0) is 23.5. The third kappa shape index (κ3) is 5.34. The van der Waals surface area contributed by atoms with E-state index in [1.165, 1.54) is 6.07 Å². The third-order valence-corrected chi connectivity index (χ3v) is 6.31. The second-order valence-electron chi connectivity index (χ2n) is 8.17. The Balaban J connectivity index is 1.30. The van der Waals surface area contributed by atoms with Gasteiger partial charge in [0.25, 0.3) is 5.91 Å². The van der Waals surface area contributed by atoms with Crippen LogP contribution in [0.15, 0.2) is 42.6 Å². The highest BCUT2D eigenvalue weighted by Gasteiger charge is 2.24. The van der Waals surface area contributed by atoms with Crippen LogP contribution in [-0.4, -0.2) is 51.7 Å². The van der Waals surface area contributed by atoms with Gasteiger partial charge in [0.15, 0.2) is 24.1 Å². The Bertz CT molecular complexity index is 1140. The molecule has 0 N–H and O–H groups in total. The molecule has 2 heterocycles. The van der Waals surface area contributed by atoms with E-state index in [1.807, 2.05) is 30.9 Å². The van der Waals surface area contributed by atoms with Crippen molar-refractivity contribution in [2.75, 3.05) is 26.2 Å². The first kappa shape index (κ1) is 23.2. The molecule has 0 bridgehead atoms. The lowest BCUT2D eigenvalue weighted by Crippen LogP contribution is -2.48. The van der Waals surface area contributed by atoms with Gasteiger partial charge in [-0.1, -0.05) is 23.7 Å². The van der Waals surface area contributed by atoms with Crippen molar-refractivity contribution in [1.82, 2.24) is 19.6 Å². The molecule has 0 saturated carbocycles. The molecule has 1 fully saturated rings. The minimum absolute atomic E-state index is 0.163. The summed E-state index contributed by atoms with van der Waals surface area (Å²) in [4.78, 5) is 16.6. The van der Waals surface area contributed by atoms with Crippen LogP contribution >= 0.6 is 11.6 Å². The van der Waals surface area contributed by atoms with Crippen LogP contribution in [0, 0.1) is 25.5 Å². The summed E-state index contributed by atoms with van der Waals surface area (Å²) in [6.07, 6.45) is 1.70. The van der Waals surface area contributed by atoms with Crippen molar-refractivity contribution >= 4 is 17.5 Å². The summed E-state index contributed by atoms with van der Waals surface area (Å²) >= 11 is 6.19. The first-order valence-corrected chi connectivity index (χ1v) is 11.1. The van der Waals surface area contributed by atoms with Crippen molar-refractivity contribution in [2.45, 2.75) is 27.1 Å². The minimum Gasteiger partial charge on any atom is -0.471 e. The average molecular weight is 475 g/mol. The van der Waals surface area contributed by atoms with Gasteiger partial charge in [0, 0.05) is 49.5 Å². The van der Waals surface area contributed by atoms with Crippen molar-refractivity contribution in [2.24, 2.45) is 0 Å². The maximum Gasteiger partial charge on any atom is 0.274 e. The molecule has 174 valence electrons. The van der Waals surface area contributed by atoms with Crippen LogP contribution in [0.5, 0.6) is 5.75 Å². The highest BCUT2D eigenvalue weighted by Crippen LogP contribution is 2.26. The lowest BCUT2D eigenvalue weighted by atomic mass is 10.1. The quantitative estimate of drug-likeness (QED) is 0.530. The van der Waals surface area contributed by atoms with Gasteiger partial charge in [-0.25, -0.2) is 13.5 Å². The van der Waals surface area contributed by atoms with Gasteiger partial charge in [-0.2, -0.15) is 5.10 Å². The van der Waals surface area contributed by atoms with Crippen molar-refractivity contribution in [3.63, 3.8) is 0 Å². The molecule has 0 unspecified atom stereocenters. The second kappa shape index (κ2) is 9.89. The number of halogens is 3. The third-order valence-electron chi connectivity index (χ3n) is 5.72. The predicted molar refractivity (Wildman–Crippen MR) is 121 cm³/mol. The van der Waals surface area contributed by atoms with Crippen molar-refractivity contribution in [3.8, 4) is 5.75 Å². The van der Waals surface area contributed by atoms with E-state index in [0.717, 1.165) is 22.2 Å². The van der Waals surface area contributed by atoms with Crippen LogP contribution in [0.3, 0.4) is 0 Å². The molecular weight excluding hydrogens is 450 g/mol. The van der Waals surface area contributed by atoms with Gasteiger partial charge in [0.2, 0.25) is 0 Å². The molecule has 1 amide bonds. The molecule has 1 aromatic heterocycles. The number of carbonyl (C=O) groups is 1. The molecule has 1 aliphatic heterocycles. The molecule has 0 atom stereocenters. The van der Waals surface area contributed by atoms with Gasteiger partial charge in [-0.3, -0.25) is 9.69 Å². The lowest BCUT2D eigenvalue weighted by molar-refractivity contribution is 0.0619. The average Bonchev–Trinajstić information content (AvgIpc) is 3.28. The summed E-state index contributed by atoms with van der Waals surface area (Å²) in [5.41, 5.74) is 2.52. The molecule has 0 spiro atoms. The fourth-order valence-electron chi connectivity index (χ4n) is 3.86. The highest BCUT2D eigenvalue weighted by atomic mass is 35.5. The summed E-state index contributed by atoms with van der Waals surface area (Å²) in [5, 5.41) is 5.06. The molecule has 4 rings (SSSR count). The number of carbonyl (C=O) groups excluding carboxylic acids is 1. The number of rotatable bonds is 6. The number of piperazine rings is 1. The van der Waals surface area contributed by atoms with Gasteiger partial charge in [-0.05, 0) is 49.2 Å². The van der Waals surface area contributed by atoms with E-state index in [9.17, 15) is 13.6 Å². The fourth-order valence-corrected chi connectivity index (χ4v) is 3.97. The summed E-state index contributed by atoms with van der Waals surface area (Å²) in [6, 6.07) is 9.58. The largest absolute Gasteiger partial charge is 0.471 e. The van der Waals surface area contributed by atoms with Crippen LogP contribution < -0.4 is 4.74 Å². The van der Waals surface area contributed by atoms with E-state index in [0.29, 0.717) is 49.7 Å². The van der Waals surface area contributed by atoms with Crippen molar-refractivity contribution < 1.29 is 18.3 Å². The molecule has 0 aliphatic carbocycles. The molecular formula is C24H25ClF2N4O2. The summed E-state index contributed by atoms with van der Waals surface area (Å²) in [6.45, 7) is 6.43. The van der Waals surface area contributed by atoms with Crippen LogP contribution in [0.2, 0.25) is 5.02 Å². The zero-order valence-corrected chi connectivity index (χ0v) is 19.3. The first-order valence-electron chi connectivity index (χ1n) is 10.7. The Labute approximate surface area is 196 Å². The zero-order valence-electron chi connectivity index (χ0n) is 18.5. The molecule has 1 saturated heterocycles. The van der Waals surface area contributed by atoms with Gasteiger partial charge < -0.3 is 9.64 Å².